The van der Waals surface area contributed by atoms with Crippen LogP contribution in [0.4, 0.5) is 0 Å². The molecule has 2 nitrogen and oxygen atoms in total. The van der Waals surface area contributed by atoms with Crippen LogP contribution in [0.15, 0.2) is 22.7 Å². The summed E-state index contributed by atoms with van der Waals surface area (Å²) in [7, 11) is 0. The molecule has 4 heteroatoms. The number of hydrogen-bond acceptors (Lipinski definition) is 1. The molecule has 98 valence electrons. The van der Waals surface area contributed by atoms with E-state index in [-0.39, 0.29) is 11.9 Å². The van der Waals surface area contributed by atoms with Gasteiger partial charge in [-0.1, -0.05) is 41.4 Å². The number of hydrogen-bond donors (Lipinski definition) is 1. The normalized spacial score (nSPS) is 21.9. The molecule has 1 aliphatic rings. The molecule has 0 aliphatic heterocycles. The Bertz CT molecular complexity index is 453. The van der Waals surface area contributed by atoms with Crippen LogP contribution in [0.3, 0.4) is 0 Å². The summed E-state index contributed by atoms with van der Waals surface area (Å²) in [4.78, 5) is 12.1. The van der Waals surface area contributed by atoms with Crippen molar-refractivity contribution in [3.8, 4) is 0 Å². The molecule has 0 heterocycles. The topological polar surface area (TPSA) is 29.1 Å². The van der Waals surface area contributed by atoms with E-state index in [1.165, 1.54) is 0 Å². The van der Waals surface area contributed by atoms with E-state index in [9.17, 15) is 4.79 Å². The fourth-order valence-electron chi connectivity index (χ4n) is 2.51. The molecule has 1 saturated carbocycles. The number of halogens is 2. The second-order valence-corrected chi connectivity index (χ2v) is 7.09. The zero-order chi connectivity index (χ0) is 13.3. The quantitative estimate of drug-likeness (QED) is 0.855. The Morgan fingerprint density at radius 3 is 2.72 bits per heavy atom. The maximum atomic E-state index is 12.1. The number of carbonyl (C=O) groups excluding carboxylic acids is 1. The minimum Gasteiger partial charge on any atom is -0.349 e. The van der Waals surface area contributed by atoms with Gasteiger partial charge in [0.1, 0.15) is 0 Å². The molecule has 1 fully saturated rings. The minimum atomic E-state index is -0.0408. The second kappa shape index (κ2) is 5.22. The van der Waals surface area contributed by atoms with Gasteiger partial charge >= 0.3 is 0 Å². The number of nitrogens with one attached hydrogen (secondary N) is 1. The Morgan fingerprint density at radius 1 is 1.44 bits per heavy atom. The van der Waals surface area contributed by atoms with Gasteiger partial charge in [-0.2, -0.15) is 0 Å². The molecule has 2 rings (SSSR count). The van der Waals surface area contributed by atoms with E-state index in [2.05, 4.69) is 35.1 Å². The first-order chi connectivity index (χ1) is 8.35. The van der Waals surface area contributed by atoms with Crippen LogP contribution < -0.4 is 5.32 Å². The number of amides is 1. The van der Waals surface area contributed by atoms with Crippen molar-refractivity contribution >= 4 is 33.4 Å². The molecule has 1 atom stereocenters. The highest BCUT2D eigenvalue weighted by Crippen LogP contribution is 2.37. The summed E-state index contributed by atoms with van der Waals surface area (Å²) in [6.45, 7) is 4.49. The van der Waals surface area contributed by atoms with E-state index in [4.69, 9.17) is 11.6 Å². The third kappa shape index (κ3) is 3.48. The van der Waals surface area contributed by atoms with Crippen LogP contribution in [0.25, 0.3) is 0 Å². The molecule has 1 unspecified atom stereocenters. The van der Waals surface area contributed by atoms with Gasteiger partial charge in [-0.15, -0.1) is 0 Å². The third-order valence-corrected chi connectivity index (χ3v) is 4.10. The second-order valence-electron chi connectivity index (χ2n) is 5.74. The van der Waals surface area contributed by atoms with Crippen LogP contribution in [0.2, 0.25) is 5.02 Å². The van der Waals surface area contributed by atoms with Gasteiger partial charge in [0.05, 0.1) is 0 Å². The van der Waals surface area contributed by atoms with Crippen molar-refractivity contribution in [2.45, 2.75) is 39.2 Å². The van der Waals surface area contributed by atoms with Crippen LogP contribution in [0, 0.1) is 5.41 Å². The van der Waals surface area contributed by atoms with E-state index < -0.39 is 0 Å². The lowest BCUT2D eigenvalue weighted by Crippen LogP contribution is -2.33. The maximum absolute atomic E-state index is 12.1. The third-order valence-electron chi connectivity index (χ3n) is 3.43. The molecule has 1 aliphatic carbocycles. The summed E-state index contributed by atoms with van der Waals surface area (Å²) in [5.74, 6) is -0.0408. The first-order valence-corrected chi connectivity index (χ1v) is 7.30. The molecule has 1 N–H and O–H groups in total. The number of benzene rings is 1. The fourth-order valence-corrected chi connectivity index (χ4v) is 3.37. The molecule has 1 amide bonds. The Kier molecular flexibility index (Phi) is 4.02. The Morgan fingerprint density at radius 2 is 2.17 bits per heavy atom. The SMILES string of the molecule is CC1(C)CCC(NC(=O)c2cc(Cl)cc(Br)c2)C1. The first-order valence-electron chi connectivity index (χ1n) is 6.13. The van der Waals surface area contributed by atoms with Gasteiger partial charge in [-0.25, -0.2) is 0 Å². The average molecular weight is 331 g/mol. The van der Waals surface area contributed by atoms with E-state index >= 15 is 0 Å². The fraction of sp³-hybridized carbons (Fsp3) is 0.500. The highest BCUT2D eigenvalue weighted by atomic mass is 79.9. The lowest BCUT2D eigenvalue weighted by atomic mass is 9.92. The van der Waals surface area contributed by atoms with E-state index in [0.29, 0.717) is 16.0 Å². The standard InChI is InChI=1S/C14H17BrClNO/c1-14(2)4-3-12(8-14)17-13(18)9-5-10(15)7-11(16)6-9/h5-7,12H,3-4,8H2,1-2H3,(H,17,18). The molecular weight excluding hydrogens is 314 g/mol. The number of carbonyl (C=O) groups is 1. The van der Waals surface area contributed by atoms with Gasteiger partial charge in [0, 0.05) is 21.1 Å². The lowest BCUT2D eigenvalue weighted by Gasteiger charge is -2.18. The van der Waals surface area contributed by atoms with E-state index in [1.807, 2.05) is 0 Å². The van der Waals surface area contributed by atoms with Crippen molar-refractivity contribution in [2.24, 2.45) is 5.41 Å². The first kappa shape index (κ1) is 13.9. The van der Waals surface area contributed by atoms with Crippen molar-refractivity contribution in [1.29, 1.82) is 0 Å². The van der Waals surface area contributed by atoms with Crippen molar-refractivity contribution in [3.63, 3.8) is 0 Å². The molecular formula is C14H17BrClNO. The molecule has 0 aromatic heterocycles. The maximum Gasteiger partial charge on any atom is 0.251 e. The largest absolute Gasteiger partial charge is 0.349 e. The Labute approximate surface area is 121 Å². The van der Waals surface area contributed by atoms with Gasteiger partial charge in [0.2, 0.25) is 0 Å². The molecule has 1 aromatic carbocycles. The van der Waals surface area contributed by atoms with Crippen LogP contribution in [0.5, 0.6) is 0 Å². The smallest absolute Gasteiger partial charge is 0.251 e. The highest BCUT2D eigenvalue weighted by Gasteiger charge is 2.31. The van der Waals surface area contributed by atoms with Crippen molar-refractivity contribution in [2.75, 3.05) is 0 Å². The molecule has 1 aromatic rings. The van der Waals surface area contributed by atoms with Gasteiger partial charge in [0.15, 0.2) is 0 Å². The van der Waals surface area contributed by atoms with E-state index in [0.717, 1.165) is 23.7 Å². The van der Waals surface area contributed by atoms with Gasteiger partial charge in [0.25, 0.3) is 5.91 Å². The summed E-state index contributed by atoms with van der Waals surface area (Å²) in [5, 5.41) is 3.66. The molecule has 0 bridgehead atoms. The Balaban J connectivity index is 2.04. The predicted molar refractivity (Wildman–Crippen MR) is 78.0 cm³/mol. The van der Waals surface area contributed by atoms with Crippen LogP contribution >= 0.6 is 27.5 Å². The summed E-state index contributed by atoms with van der Waals surface area (Å²) in [6.07, 6.45) is 3.26. The highest BCUT2D eigenvalue weighted by molar-refractivity contribution is 9.10. The van der Waals surface area contributed by atoms with Gasteiger partial charge < -0.3 is 5.32 Å². The van der Waals surface area contributed by atoms with Crippen molar-refractivity contribution < 1.29 is 4.79 Å². The molecule has 0 saturated heterocycles. The Hall–Kier alpha value is -0.540. The zero-order valence-corrected chi connectivity index (χ0v) is 12.9. The van der Waals surface area contributed by atoms with E-state index in [1.54, 1.807) is 18.2 Å². The summed E-state index contributed by atoms with van der Waals surface area (Å²) in [6, 6.07) is 5.55. The molecule has 18 heavy (non-hydrogen) atoms. The lowest BCUT2D eigenvalue weighted by molar-refractivity contribution is 0.0936. The number of rotatable bonds is 2. The van der Waals surface area contributed by atoms with Crippen LogP contribution in [0.1, 0.15) is 43.5 Å². The zero-order valence-electron chi connectivity index (χ0n) is 10.6. The summed E-state index contributed by atoms with van der Waals surface area (Å²) >= 11 is 9.29. The monoisotopic (exact) mass is 329 g/mol. The van der Waals surface area contributed by atoms with Crippen molar-refractivity contribution in [1.82, 2.24) is 5.32 Å². The van der Waals surface area contributed by atoms with Crippen LogP contribution in [-0.2, 0) is 0 Å². The van der Waals surface area contributed by atoms with Crippen molar-refractivity contribution in [3.05, 3.63) is 33.3 Å². The van der Waals surface area contributed by atoms with Gasteiger partial charge in [-0.05, 0) is 42.9 Å². The van der Waals surface area contributed by atoms with Crippen LogP contribution in [-0.4, -0.2) is 11.9 Å². The molecule has 0 radical (unpaired) electrons. The van der Waals surface area contributed by atoms with Gasteiger partial charge in [-0.3, -0.25) is 4.79 Å². The minimum absolute atomic E-state index is 0.0408. The molecule has 0 spiro atoms. The summed E-state index contributed by atoms with van der Waals surface area (Å²) < 4.78 is 0.826. The average Bonchev–Trinajstić information content (AvgIpc) is 2.56. The predicted octanol–water partition coefficient (Wildman–Crippen LogP) is 4.41. The summed E-state index contributed by atoms with van der Waals surface area (Å²) in [5.41, 5.74) is 0.950.